The van der Waals surface area contributed by atoms with Crippen LogP contribution < -0.4 is 9.64 Å². The van der Waals surface area contributed by atoms with Crippen LogP contribution in [-0.2, 0) is 0 Å². The highest BCUT2D eigenvalue weighted by atomic mass is 19.2. The Kier molecular flexibility index (Phi) is 1.83. The average molecular weight is 185 g/mol. The second kappa shape index (κ2) is 2.87. The Balaban J connectivity index is 2.52. The fraction of sp³-hybridized carbons (Fsp3) is 0.333. The molecule has 0 aliphatic carbocycles. The van der Waals surface area contributed by atoms with E-state index in [-0.39, 0.29) is 0 Å². The largest absolute Gasteiger partial charge is 0.489 e. The van der Waals surface area contributed by atoms with Crippen LogP contribution in [0.3, 0.4) is 0 Å². The van der Waals surface area contributed by atoms with Gasteiger partial charge in [-0.25, -0.2) is 8.78 Å². The summed E-state index contributed by atoms with van der Waals surface area (Å²) in [4.78, 5) is 1.83. The molecule has 0 atom stereocenters. The highest BCUT2D eigenvalue weighted by Crippen LogP contribution is 2.32. The van der Waals surface area contributed by atoms with Gasteiger partial charge in [-0.2, -0.15) is 0 Å². The lowest BCUT2D eigenvalue weighted by atomic mass is 10.2. The van der Waals surface area contributed by atoms with Crippen molar-refractivity contribution in [1.29, 1.82) is 0 Å². The van der Waals surface area contributed by atoms with E-state index in [9.17, 15) is 8.78 Å². The molecule has 0 unspecified atom stereocenters. The lowest BCUT2D eigenvalue weighted by molar-refractivity contribution is 0.308. The molecule has 0 N–H and O–H groups in total. The van der Waals surface area contributed by atoms with Crippen molar-refractivity contribution in [2.45, 2.75) is 0 Å². The number of benzene rings is 1. The molecule has 1 aliphatic rings. The lowest BCUT2D eigenvalue weighted by Gasteiger charge is -2.27. The normalized spacial score (nSPS) is 15.2. The maximum absolute atomic E-state index is 12.8. The molecule has 1 aromatic rings. The molecule has 2 rings (SSSR count). The van der Waals surface area contributed by atoms with Gasteiger partial charge in [-0.05, 0) is 0 Å². The summed E-state index contributed by atoms with van der Waals surface area (Å²) >= 11 is 0. The fourth-order valence-electron chi connectivity index (χ4n) is 1.34. The molecule has 0 saturated heterocycles. The van der Waals surface area contributed by atoms with Crippen molar-refractivity contribution in [3.8, 4) is 5.75 Å². The molecule has 1 heterocycles. The third-order valence-electron chi connectivity index (χ3n) is 2.10. The van der Waals surface area contributed by atoms with Gasteiger partial charge in [-0.1, -0.05) is 0 Å². The lowest BCUT2D eigenvalue weighted by Crippen LogP contribution is -2.29. The van der Waals surface area contributed by atoms with Gasteiger partial charge in [0, 0.05) is 19.2 Å². The van der Waals surface area contributed by atoms with E-state index in [1.165, 1.54) is 0 Å². The van der Waals surface area contributed by atoms with E-state index < -0.39 is 11.6 Å². The van der Waals surface area contributed by atoms with Gasteiger partial charge < -0.3 is 9.64 Å². The number of likely N-dealkylation sites (N-methyl/N-ethyl adjacent to an activating group) is 1. The average Bonchev–Trinajstić information content (AvgIpc) is 2.09. The van der Waals surface area contributed by atoms with Gasteiger partial charge in [0.2, 0.25) is 0 Å². The molecule has 0 spiro atoms. The van der Waals surface area contributed by atoms with Gasteiger partial charge in [0.25, 0.3) is 0 Å². The minimum atomic E-state index is -0.867. The van der Waals surface area contributed by atoms with Crippen molar-refractivity contribution in [2.24, 2.45) is 0 Å². The summed E-state index contributed by atoms with van der Waals surface area (Å²) in [5.74, 6) is -1.29. The Morgan fingerprint density at radius 2 is 2.00 bits per heavy atom. The second-order valence-corrected chi connectivity index (χ2v) is 3.00. The molecule has 0 saturated carbocycles. The van der Waals surface area contributed by atoms with E-state index in [0.29, 0.717) is 24.6 Å². The number of nitrogens with zero attached hydrogens (tertiary/aromatic N) is 1. The Hall–Kier alpha value is -1.32. The van der Waals surface area contributed by atoms with Crippen LogP contribution in [-0.4, -0.2) is 20.2 Å². The first kappa shape index (κ1) is 8.29. The van der Waals surface area contributed by atoms with Crippen LogP contribution in [0.15, 0.2) is 12.1 Å². The van der Waals surface area contributed by atoms with Crippen LogP contribution in [0.5, 0.6) is 5.75 Å². The molecule has 0 fully saturated rings. The number of ether oxygens (including phenoxy) is 1. The zero-order valence-electron chi connectivity index (χ0n) is 7.18. The molecule has 1 aromatic carbocycles. The number of hydrogen-bond donors (Lipinski definition) is 0. The molecule has 13 heavy (non-hydrogen) atoms. The van der Waals surface area contributed by atoms with E-state index in [0.717, 1.165) is 12.1 Å². The van der Waals surface area contributed by atoms with Crippen molar-refractivity contribution in [3.63, 3.8) is 0 Å². The van der Waals surface area contributed by atoms with Crippen LogP contribution in [0.1, 0.15) is 0 Å². The van der Waals surface area contributed by atoms with Gasteiger partial charge in [-0.3, -0.25) is 0 Å². The molecular formula is C9H9F2NO. The first-order chi connectivity index (χ1) is 6.18. The van der Waals surface area contributed by atoms with E-state index >= 15 is 0 Å². The molecular weight excluding hydrogens is 176 g/mol. The summed E-state index contributed by atoms with van der Waals surface area (Å²) < 4.78 is 30.8. The van der Waals surface area contributed by atoms with Crippen LogP contribution in [0.4, 0.5) is 14.5 Å². The highest BCUT2D eigenvalue weighted by Gasteiger charge is 2.17. The maximum atomic E-state index is 12.8. The maximum Gasteiger partial charge on any atom is 0.162 e. The number of rotatable bonds is 0. The highest BCUT2D eigenvalue weighted by molar-refractivity contribution is 5.59. The molecule has 0 bridgehead atoms. The zero-order valence-corrected chi connectivity index (χ0v) is 7.18. The summed E-state index contributed by atoms with van der Waals surface area (Å²) in [5, 5.41) is 0. The number of anilines is 1. The van der Waals surface area contributed by atoms with E-state index in [1.807, 2.05) is 11.9 Å². The Morgan fingerprint density at radius 1 is 1.31 bits per heavy atom. The van der Waals surface area contributed by atoms with E-state index in [1.54, 1.807) is 0 Å². The smallest absolute Gasteiger partial charge is 0.162 e. The Bertz CT molecular complexity index is 341. The van der Waals surface area contributed by atoms with E-state index in [4.69, 9.17) is 4.74 Å². The second-order valence-electron chi connectivity index (χ2n) is 3.00. The molecule has 4 heteroatoms. The first-order valence-electron chi connectivity index (χ1n) is 4.01. The zero-order chi connectivity index (χ0) is 9.42. The minimum absolute atomic E-state index is 0.410. The van der Waals surface area contributed by atoms with Gasteiger partial charge >= 0.3 is 0 Å². The third kappa shape index (κ3) is 1.32. The number of hydrogen-bond acceptors (Lipinski definition) is 2. The van der Waals surface area contributed by atoms with Crippen molar-refractivity contribution < 1.29 is 13.5 Å². The predicted octanol–water partition coefficient (Wildman–Crippen LogP) is 1.79. The Labute approximate surface area is 74.7 Å². The standard InChI is InChI=1S/C9H9F2NO/c1-12-2-3-13-9-5-7(11)6(10)4-8(9)12/h4-5H,2-3H2,1H3. The summed E-state index contributed by atoms with van der Waals surface area (Å²) in [6.45, 7) is 1.20. The van der Waals surface area contributed by atoms with E-state index in [2.05, 4.69) is 0 Å². The first-order valence-corrected chi connectivity index (χ1v) is 4.01. The van der Waals surface area contributed by atoms with Gasteiger partial charge in [-0.15, -0.1) is 0 Å². The van der Waals surface area contributed by atoms with Crippen molar-refractivity contribution in [1.82, 2.24) is 0 Å². The molecule has 0 radical (unpaired) electrons. The molecule has 70 valence electrons. The number of halogens is 2. The summed E-state index contributed by atoms with van der Waals surface area (Å²) in [6.07, 6.45) is 0. The van der Waals surface area contributed by atoms with Gasteiger partial charge in [0.15, 0.2) is 11.6 Å². The summed E-state index contributed by atoms with van der Waals surface area (Å²) in [6, 6.07) is 2.24. The molecule has 0 amide bonds. The molecule has 0 aromatic heterocycles. The van der Waals surface area contributed by atoms with Gasteiger partial charge in [0.05, 0.1) is 12.2 Å². The SMILES string of the molecule is CN1CCOc2cc(F)c(F)cc21. The van der Waals surface area contributed by atoms with Crippen LogP contribution >= 0.6 is 0 Å². The van der Waals surface area contributed by atoms with Crippen LogP contribution in [0.2, 0.25) is 0 Å². The monoisotopic (exact) mass is 185 g/mol. The molecule has 2 nitrogen and oxygen atoms in total. The Morgan fingerprint density at radius 3 is 2.77 bits per heavy atom. The van der Waals surface area contributed by atoms with Crippen LogP contribution in [0, 0.1) is 11.6 Å². The quantitative estimate of drug-likeness (QED) is 0.611. The van der Waals surface area contributed by atoms with Crippen molar-refractivity contribution in [2.75, 3.05) is 25.1 Å². The summed E-state index contributed by atoms with van der Waals surface area (Å²) in [7, 11) is 1.82. The van der Waals surface area contributed by atoms with Crippen LogP contribution in [0.25, 0.3) is 0 Å². The topological polar surface area (TPSA) is 12.5 Å². The molecule has 1 aliphatic heterocycles. The number of fused-ring (bicyclic) bond motifs is 1. The minimum Gasteiger partial charge on any atom is -0.489 e. The van der Waals surface area contributed by atoms with Crippen molar-refractivity contribution in [3.05, 3.63) is 23.8 Å². The third-order valence-corrected chi connectivity index (χ3v) is 2.10. The summed E-state index contributed by atoms with van der Waals surface area (Å²) in [5.41, 5.74) is 0.602. The predicted molar refractivity (Wildman–Crippen MR) is 45.1 cm³/mol. The fourth-order valence-corrected chi connectivity index (χ4v) is 1.34. The van der Waals surface area contributed by atoms with Crippen molar-refractivity contribution >= 4 is 5.69 Å². The van der Waals surface area contributed by atoms with Gasteiger partial charge in [0.1, 0.15) is 12.4 Å².